The first-order valence-electron chi connectivity index (χ1n) is 9.94. The Labute approximate surface area is 175 Å². The number of hydrogen-bond donors (Lipinski definition) is 0. The normalized spacial score (nSPS) is 18.5. The molecular weight excluding hydrogens is 391 g/mol. The zero-order valence-corrected chi connectivity index (χ0v) is 17.2. The quantitative estimate of drug-likeness (QED) is 0.744. The van der Waals surface area contributed by atoms with Crippen molar-refractivity contribution in [3.8, 4) is 0 Å². The Morgan fingerprint density at radius 2 is 1.90 bits per heavy atom. The summed E-state index contributed by atoms with van der Waals surface area (Å²) in [6, 6.07) is 11.8. The molecule has 0 atom stereocenters. The number of benzene rings is 2. The minimum Gasteiger partial charge on any atom is -0.339 e. The Bertz CT molecular complexity index is 954. The molecular formula is C23H24ClFN2O2. The van der Waals surface area contributed by atoms with Crippen LogP contribution < -0.4 is 0 Å². The van der Waals surface area contributed by atoms with Gasteiger partial charge in [-0.1, -0.05) is 29.8 Å². The van der Waals surface area contributed by atoms with E-state index in [-0.39, 0.29) is 23.0 Å². The highest BCUT2D eigenvalue weighted by atomic mass is 35.5. The van der Waals surface area contributed by atoms with Crippen LogP contribution >= 0.6 is 11.6 Å². The third kappa shape index (κ3) is 4.01. The van der Waals surface area contributed by atoms with Crippen molar-refractivity contribution in [1.82, 2.24) is 9.80 Å². The molecule has 0 aromatic heterocycles. The molecule has 2 aliphatic rings. The van der Waals surface area contributed by atoms with Gasteiger partial charge in [0.05, 0.1) is 0 Å². The highest BCUT2D eigenvalue weighted by molar-refractivity contribution is 6.31. The minimum atomic E-state index is -0.285. The van der Waals surface area contributed by atoms with E-state index >= 15 is 0 Å². The van der Waals surface area contributed by atoms with Crippen LogP contribution in [0.15, 0.2) is 42.5 Å². The number of halogens is 2. The smallest absolute Gasteiger partial charge is 0.254 e. The van der Waals surface area contributed by atoms with Gasteiger partial charge in [0.2, 0.25) is 5.91 Å². The summed E-state index contributed by atoms with van der Waals surface area (Å²) in [5.41, 5.74) is 2.16. The molecule has 4 nitrogen and oxygen atoms in total. The Morgan fingerprint density at radius 3 is 2.62 bits per heavy atom. The predicted octanol–water partition coefficient (Wildman–Crippen LogP) is 4.44. The standard InChI is InChI=1S/C23H24ClFN2O2/c1-16-19(6-3-7-20(16)24)22(29)26-10-8-23(9-11-26)13-21(28)27(15-23)14-17-4-2-5-18(25)12-17/h2-7,12H,8-11,13-15H2,1H3. The van der Waals surface area contributed by atoms with Crippen LogP contribution in [0, 0.1) is 18.2 Å². The molecule has 0 N–H and O–H groups in total. The molecule has 0 unspecified atom stereocenters. The van der Waals surface area contributed by atoms with Gasteiger partial charge in [-0.3, -0.25) is 9.59 Å². The Kier molecular flexibility index (Phi) is 5.34. The maximum Gasteiger partial charge on any atom is 0.254 e. The van der Waals surface area contributed by atoms with E-state index < -0.39 is 0 Å². The number of likely N-dealkylation sites (tertiary alicyclic amines) is 2. The fourth-order valence-electron chi connectivity index (χ4n) is 4.51. The molecule has 2 aromatic carbocycles. The van der Waals surface area contributed by atoms with E-state index in [1.165, 1.54) is 12.1 Å². The zero-order valence-electron chi connectivity index (χ0n) is 16.5. The van der Waals surface area contributed by atoms with Crippen LogP contribution in [-0.4, -0.2) is 41.2 Å². The van der Waals surface area contributed by atoms with E-state index in [0.29, 0.717) is 43.2 Å². The van der Waals surface area contributed by atoms with Crippen molar-refractivity contribution in [1.29, 1.82) is 0 Å². The number of rotatable bonds is 3. The van der Waals surface area contributed by atoms with Gasteiger partial charge < -0.3 is 9.80 Å². The average molecular weight is 415 g/mol. The van der Waals surface area contributed by atoms with Gasteiger partial charge in [0.15, 0.2) is 0 Å². The molecule has 152 valence electrons. The number of carbonyl (C=O) groups is 2. The SMILES string of the molecule is Cc1c(Cl)cccc1C(=O)N1CCC2(CC1)CC(=O)N(Cc1cccc(F)c1)C2. The molecule has 2 saturated heterocycles. The van der Waals surface area contributed by atoms with Gasteiger partial charge in [0, 0.05) is 48.6 Å². The molecule has 0 bridgehead atoms. The van der Waals surface area contributed by atoms with Crippen LogP contribution in [0.3, 0.4) is 0 Å². The van der Waals surface area contributed by atoms with Gasteiger partial charge in [0.25, 0.3) is 5.91 Å². The first-order chi connectivity index (χ1) is 13.9. The molecule has 2 fully saturated rings. The van der Waals surface area contributed by atoms with Crippen LogP contribution in [0.2, 0.25) is 5.02 Å². The Hall–Kier alpha value is -2.40. The van der Waals surface area contributed by atoms with Gasteiger partial charge in [-0.25, -0.2) is 4.39 Å². The van der Waals surface area contributed by atoms with Crippen molar-refractivity contribution in [2.75, 3.05) is 19.6 Å². The monoisotopic (exact) mass is 414 g/mol. The third-order valence-corrected chi connectivity index (χ3v) is 6.69. The highest BCUT2D eigenvalue weighted by Gasteiger charge is 2.45. The third-order valence-electron chi connectivity index (χ3n) is 6.28. The summed E-state index contributed by atoms with van der Waals surface area (Å²) in [4.78, 5) is 29.2. The second-order valence-corrected chi connectivity index (χ2v) is 8.67. The van der Waals surface area contributed by atoms with Gasteiger partial charge in [-0.05, 0) is 55.2 Å². The van der Waals surface area contributed by atoms with Crippen molar-refractivity contribution in [2.24, 2.45) is 5.41 Å². The largest absolute Gasteiger partial charge is 0.339 e. The molecule has 2 aromatic rings. The fraction of sp³-hybridized carbons (Fsp3) is 0.391. The Morgan fingerprint density at radius 1 is 1.17 bits per heavy atom. The van der Waals surface area contributed by atoms with Crippen molar-refractivity contribution >= 4 is 23.4 Å². The number of nitrogens with zero attached hydrogens (tertiary/aromatic N) is 2. The lowest BCUT2D eigenvalue weighted by atomic mass is 9.77. The molecule has 0 radical (unpaired) electrons. The second kappa shape index (κ2) is 7.79. The number of piperidine rings is 1. The summed E-state index contributed by atoms with van der Waals surface area (Å²) in [7, 11) is 0. The molecule has 6 heteroatoms. The maximum absolute atomic E-state index is 13.4. The van der Waals surface area contributed by atoms with Crippen molar-refractivity contribution < 1.29 is 14.0 Å². The van der Waals surface area contributed by atoms with Crippen LogP contribution in [-0.2, 0) is 11.3 Å². The summed E-state index contributed by atoms with van der Waals surface area (Å²) in [5.74, 6) is -0.174. The van der Waals surface area contributed by atoms with E-state index in [2.05, 4.69) is 0 Å². The minimum absolute atomic E-state index is 0.000732. The number of amides is 2. The van der Waals surface area contributed by atoms with Crippen molar-refractivity contribution in [2.45, 2.75) is 32.7 Å². The zero-order chi connectivity index (χ0) is 20.6. The summed E-state index contributed by atoms with van der Waals surface area (Å²) in [5, 5.41) is 0.596. The lowest BCUT2D eigenvalue weighted by molar-refractivity contribution is -0.128. The van der Waals surface area contributed by atoms with Gasteiger partial charge in [-0.15, -0.1) is 0 Å². The maximum atomic E-state index is 13.4. The molecule has 2 heterocycles. The van der Waals surface area contributed by atoms with Gasteiger partial charge >= 0.3 is 0 Å². The average Bonchev–Trinajstić information content (AvgIpc) is 2.99. The van der Waals surface area contributed by atoms with Crippen molar-refractivity contribution in [3.05, 3.63) is 70.0 Å². The fourth-order valence-corrected chi connectivity index (χ4v) is 4.68. The van der Waals surface area contributed by atoms with Crippen LogP contribution in [0.5, 0.6) is 0 Å². The summed E-state index contributed by atoms with van der Waals surface area (Å²) in [6.07, 6.45) is 2.09. The highest BCUT2D eigenvalue weighted by Crippen LogP contribution is 2.42. The number of hydrogen-bond acceptors (Lipinski definition) is 2. The van der Waals surface area contributed by atoms with Crippen LogP contribution in [0.25, 0.3) is 0 Å². The van der Waals surface area contributed by atoms with E-state index in [9.17, 15) is 14.0 Å². The first-order valence-corrected chi connectivity index (χ1v) is 10.3. The Balaban J connectivity index is 1.40. The second-order valence-electron chi connectivity index (χ2n) is 8.26. The summed E-state index contributed by atoms with van der Waals surface area (Å²) < 4.78 is 13.4. The van der Waals surface area contributed by atoms with Gasteiger partial charge in [0.1, 0.15) is 5.82 Å². The molecule has 0 saturated carbocycles. The van der Waals surface area contributed by atoms with E-state index in [1.807, 2.05) is 28.9 Å². The lowest BCUT2D eigenvalue weighted by Gasteiger charge is -2.39. The molecule has 2 amide bonds. The van der Waals surface area contributed by atoms with Gasteiger partial charge in [-0.2, -0.15) is 0 Å². The number of carbonyl (C=O) groups excluding carboxylic acids is 2. The summed E-state index contributed by atoms with van der Waals surface area (Å²) in [6.45, 7) is 4.22. The topological polar surface area (TPSA) is 40.6 Å². The van der Waals surface area contributed by atoms with Crippen molar-refractivity contribution in [3.63, 3.8) is 0 Å². The van der Waals surface area contributed by atoms with E-state index in [4.69, 9.17) is 11.6 Å². The predicted molar refractivity (Wildman–Crippen MR) is 110 cm³/mol. The lowest BCUT2D eigenvalue weighted by Crippen LogP contribution is -2.44. The van der Waals surface area contributed by atoms with Crippen LogP contribution in [0.4, 0.5) is 4.39 Å². The first kappa shape index (κ1) is 19.9. The van der Waals surface area contributed by atoms with E-state index in [0.717, 1.165) is 24.0 Å². The summed E-state index contributed by atoms with van der Waals surface area (Å²) >= 11 is 6.17. The molecule has 2 aliphatic heterocycles. The van der Waals surface area contributed by atoms with Crippen LogP contribution in [0.1, 0.15) is 40.7 Å². The molecule has 0 aliphatic carbocycles. The molecule has 29 heavy (non-hydrogen) atoms. The molecule has 1 spiro atoms. The molecule has 4 rings (SSSR count). The van der Waals surface area contributed by atoms with E-state index in [1.54, 1.807) is 18.2 Å².